The van der Waals surface area contributed by atoms with Gasteiger partial charge in [-0.25, -0.2) is 0 Å². The van der Waals surface area contributed by atoms with Crippen LogP contribution in [0.2, 0.25) is 0 Å². The molecule has 0 N–H and O–H groups in total. The van der Waals surface area contributed by atoms with E-state index >= 15 is 0 Å². The molecule has 0 aromatic rings. The van der Waals surface area contributed by atoms with Gasteiger partial charge in [0.25, 0.3) is 0 Å². The molecule has 1 amide bonds. The molecule has 0 heterocycles. The Labute approximate surface area is 109 Å². The fraction of sp³-hybridized carbons (Fsp3) is 0.857. The van der Waals surface area contributed by atoms with Crippen molar-refractivity contribution in [2.75, 3.05) is 20.2 Å². The molecule has 0 saturated heterocycles. The van der Waals surface area contributed by atoms with Gasteiger partial charge in [0.15, 0.2) is 0 Å². The number of hydrogen-bond donors (Lipinski definition) is 0. The molecule has 0 aromatic carbocycles. The molecule has 2 fully saturated rings. The van der Waals surface area contributed by atoms with Crippen LogP contribution in [0.3, 0.4) is 0 Å². The first-order valence-corrected chi connectivity index (χ1v) is 6.99. The predicted octanol–water partition coefficient (Wildman–Crippen LogP) is 1.83. The van der Waals surface area contributed by atoms with Gasteiger partial charge in [-0.3, -0.25) is 9.59 Å². The van der Waals surface area contributed by atoms with Crippen molar-refractivity contribution in [2.24, 2.45) is 17.8 Å². The van der Waals surface area contributed by atoms with Crippen molar-refractivity contribution < 1.29 is 14.3 Å². The van der Waals surface area contributed by atoms with Gasteiger partial charge in [-0.1, -0.05) is 6.42 Å². The molecular weight excluding hydrogens is 230 g/mol. The summed E-state index contributed by atoms with van der Waals surface area (Å²) in [4.78, 5) is 24.8. The number of esters is 1. The van der Waals surface area contributed by atoms with E-state index in [1.54, 1.807) is 14.0 Å². The second-order valence-electron chi connectivity index (χ2n) is 5.69. The second-order valence-corrected chi connectivity index (χ2v) is 5.69. The standard InChI is InChI=1S/C14H23NO3/c1-3-18-14(17)9-15(2)13(16)8-12-7-10-4-5-11(12)6-10/h10-12H,3-9H2,1-2H3. The lowest BCUT2D eigenvalue weighted by molar-refractivity contribution is -0.148. The van der Waals surface area contributed by atoms with Crippen LogP contribution in [0.5, 0.6) is 0 Å². The van der Waals surface area contributed by atoms with Crippen molar-refractivity contribution in [1.29, 1.82) is 0 Å². The Kier molecular flexibility index (Phi) is 4.25. The first kappa shape index (κ1) is 13.4. The third-order valence-corrected chi connectivity index (χ3v) is 4.42. The van der Waals surface area contributed by atoms with Crippen molar-refractivity contribution in [3.05, 3.63) is 0 Å². The molecule has 4 heteroatoms. The Hall–Kier alpha value is -1.06. The highest BCUT2D eigenvalue weighted by atomic mass is 16.5. The van der Waals surface area contributed by atoms with E-state index in [1.165, 1.54) is 30.6 Å². The molecule has 3 unspecified atom stereocenters. The average molecular weight is 253 g/mol. The van der Waals surface area contributed by atoms with E-state index in [0.29, 0.717) is 18.9 Å². The van der Waals surface area contributed by atoms with Gasteiger partial charge in [0.05, 0.1) is 6.61 Å². The highest BCUT2D eigenvalue weighted by molar-refractivity contribution is 5.82. The first-order valence-electron chi connectivity index (χ1n) is 6.99. The average Bonchev–Trinajstić information content (AvgIpc) is 2.90. The number of nitrogens with zero attached hydrogens (tertiary/aromatic N) is 1. The van der Waals surface area contributed by atoms with E-state index < -0.39 is 0 Å². The van der Waals surface area contributed by atoms with Gasteiger partial charge >= 0.3 is 5.97 Å². The van der Waals surface area contributed by atoms with E-state index in [2.05, 4.69) is 0 Å². The normalized spacial score (nSPS) is 29.3. The number of rotatable bonds is 5. The SMILES string of the molecule is CCOC(=O)CN(C)C(=O)CC1CC2CCC1C2. The maximum Gasteiger partial charge on any atom is 0.325 e. The van der Waals surface area contributed by atoms with Gasteiger partial charge in [0.2, 0.25) is 5.91 Å². The summed E-state index contributed by atoms with van der Waals surface area (Å²) in [5.74, 6) is 1.95. The number of ether oxygens (including phenoxy) is 1. The van der Waals surface area contributed by atoms with Gasteiger partial charge in [-0.2, -0.15) is 0 Å². The molecule has 0 spiro atoms. The first-order chi connectivity index (χ1) is 8.60. The Morgan fingerprint density at radius 3 is 2.61 bits per heavy atom. The van der Waals surface area contributed by atoms with Crippen LogP contribution in [0.4, 0.5) is 0 Å². The third-order valence-electron chi connectivity index (χ3n) is 4.42. The van der Waals surface area contributed by atoms with Crippen molar-refractivity contribution in [3.8, 4) is 0 Å². The van der Waals surface area contributed by atoms with Crippen LogP contribution in [-0.4, -0.2) is 37.0 Å². The molecule has 0 aromatic heterocycles. The van der Waals surface area contributed by atoms with Crippen LogP contribution < -0.4 is 0 Å². The van der Waals surface area contributed by atoms with Crippen LogP contribution in [-0.2, 0) is 14.3 Å². The molecular formula is C14H23NO3. The number of carbonyl (C=O) groups is 2. The zero-order valence-electron chi connectivity index (χ0n) is 11.4. The summed E-state index contributed by atoms with van der Waals surface area (Å²) in [6.07, 6.45) is 5.79. The molecule has 3 atom stereocenters. The lowest BCUT2D eigenvalue weighted by Crippen LogP contribution is -2.34. The molecule has 4 nitrogen and oxygen atoms in total. The van der Waals surface area contributed by atoms with Crippen LogP contribution >= 0.6 is 0 Å². The van der Waals surface area contributed by atoms with Crippen molar-refractivity contribution >= 4 is 11.9 Å². The second kappa shape index (κ2) is 5.72. The smallest absolute Gasteiger partial charge is 0.325 e. The van der Waals surface area contributed by atoms with E-state index in [1.807, 2.05) is 0 Å². The minimum absolute atomic E-state index is 0.0769. The lowest BCUT2D eigenvalue weighted by atomic mass is 9.86. The molecule has 2 rings (SSSR count). The van der Waals surface area contributed by atoms with Crippen molar-refractivity contribution in [3.63, 3.8) is 0 Å². The van der Waals surface area contributed by atoms with Crippen molar-refractivity contribution in [2.45, 2.75) is 39.0 Å². The number of carbonyl (C=O) groups excluding carboxylic acids is 2. The van der Waals surface area contributed by atoms with Gasteiger partial charge in [-0.05, 0) is 43.9 Å². The van der Waals surface area contributed by atoms with Crippen LogP contribution in [0.25, 0.3) is 0 Å². The number of amides is 1. The fourth-order valence-corrected chi connectivity index (χ4v) is 3.50. The van der Waals surface area contributed by atoms with Crippen LogP contribution in [0, 0.1) is 17.8 Å². The van der Waals surface area contributed by atoms with E-state index in [0.717, 1.165) is 11.8 Å². The van der Waals surface area contributed by atoms with Crippen LogP contribution in [0.1, 0.15) is 39.0 Å². The van der Waals surface area contributed by atoms with Gasteiger partial charge < -0.3 is 9.64 Å². The molecule has 2 bridgehead atoms. The molecule has 2 saturated carbocycles. The fourth-order valence-electron chi connectivity index (χ4n) is 3.50. The number of fused-ring (bicyclic) bond motifs is 2. The Bertz CT molecular complexity index is 329. The molecule has 0 aliphatic heterocycles. The minimum Gasteiger partial charge on any atom is -0.465 e. The summed E-state index contributed by atoms with van der Waals surface area (Å²) in [6.45, 7) is 2.22. The van der Waals surface area contributed by atoms with Gasteiger partial charge in [0.1, 0.15) is 6.54 Å². The zero-order valence-corrected chi connectivity index (χ0v) is 11.4. The summed E-state index contributed by atoms with van der Waals surface area (Å²) >= 11 is 0. The maximum absolute atomic E-state index is 12.0. The van der Waals surface area contributed by atoms with Gasteiger partial charge in [-0.15, -0.1) is 0 Å². The molecule has 102 valence electrons. The quantitative estimate of drug-likeness (QED) is 0.702. The molecule has 2 aliphatic carbocycles. The Balaban J connectivity index is 1.75. The largest absolute Gasteiger partial charge is 0.465 e. The third kappa shape index (κ3) is 3.03. The Morgan fingerprint density at radius 2 is 2.06 bits per heavy atom. The summed E-state index contributed by atoms with van der Waals surface area (Å²) < 4.78 is 4.85. The topological polar surface area (TPSA) is 46.6 Å². The highest BCUT2D eigenvalue weighted by Gasteiger charge is 2.40. The lowest BCUT2D eigenvalue weighted by Gasteiger charge is -2.23. The summed E-state index contributed by atoms with van der Waals surface area (Å²) in [7, 11) is 1.69. The molecule has 18 heavy (non-hydrogen) atoms. The highest BCUT2D eigenvalue weighted by Crippen LogP contribution is 2.49. The Morgan fingerprint density at radius 1 is 1.28 bits per heavy atom. The molecule has 0 radical (unpaired) electrons. The number of likely N-dealkylation sites (N-methyl/N-ethyl adjacent to an activating group) is 1. The van der Waals surface area contributed by atoms with E-state index in [9.17, 15) is 9.59 Å². The monoisotopic (exact) mass is 253 g/mol. The molecule has 2 aliphatic rings. The van der Waals surface area contributed by atoms with Crippen LogP contribution in [0.15, 0.2) is 0 Å². The maximum atomic E-state index is 12.0. The summed E-state index contributed by atoms with van der Waals surface area (Å²) in [6, 6.07) is 0. The summed E-state index contributed by atoms with van der Waals surface area (Å²) in [5.41, 5.74) is 0. The van der Waals surface area contributed by atoms with Gasteiger partial charge in [0, 0.05) is 13.5 Å². The minimum atomic E-state index is -0.318. The number of hydrogen-bond acceptors (Lipinski definition) is 3. The predicted molar refractivity (Wildman–Crippen MR) is 67.8 cm³/mol. The zero-order chi connectivity index (χ0) is 13.1. The van der Waals surface area contributed by atoms with E-state index in [4.69, 9.17) is 4.74 Å². The summed E-state index contributed by atoms with van der Waals surface area (Å²) in [5, 5.41) is 0. The van der Waals surface area contributed by atoms with E-state index in [-0.39, 0.29) is 18.4 Å². The van der Waals surface area contributed by atoms with Crippen molar-refractivity contribution in [1.82, 2.24) is 4.90 Å².